The van der Waals surface area contributed by atoms with Gasteiger partial charge in [-0.3, -0.25) is 14.5 Å². The monoisotopic (exact) mass is 496 g/mol. The molecule has 0 spiro atoms. The zero-order valence-electron chi connectivity index (χ0n) is 20.5. The zero-order valence-corrected chi connectivity index (χ0v) is 20.5. The first-order chi connectivity index (χ1) is 17.5. The lowest BCUT2D eigenvalue weighted by molar-refractivity contribution is -0.123. The Kier molecular flexibility index (Phi) is 7.77. The molecule has 1 atom stereocenters. The number of furan rings is 1. The Balaban J connectivity index is 1.90. The van der Waals surface area contributed by atoms with Crippen molar-refractivity contribution in [2.75, 3.05) is 26.2 Å². The quantitative estimate of drug-likeness (QED) is 0.454. The Morgan fingerprint density at radius 3 is 2.25 bits per heavy atom. The molecule has 2 amide bonds. The van der Waals surface area contributed by atoms with Gasteiger partial charge in [0, 0.05) is 11.7 Å². The number of ether oxygens (including phenoxy) is 3. The minimum absolute atomic E-state index is 0.00497. The molecule has 0 aliphatic heterocycles. The molecule has 1 aliphatic carbocycles. The van der Waals surface area contributed by atoms with Crippen LogP contribution in [0.2, 0.25) is 0 Å². The second-order valence-electron chi connectivity index (χ2n) is 8.48. The van der Waals surface area contributed by atoms with Crippen molar-refractivity contribution in [3.05, 3.63) is 71.9 Å². The van der Waals surface area contributed by atoms with Crippen LogP contribution in [-0.2, 0) is 4.79 Å². The van der Waals surface area contributed by atoms with E-state index in [0.29, 0.717) is 22.8 Å². The number of carbonyl (C=O) groups excluding carboxylic acids is 2. The van der Waals surface area contributed by atoms with E-state index in [2.05, 4.69) is 5.32 Å². The number of methoxy groups -OCH3 is 3. The molecule has 1 aromatic heterocycles. The molecule has 0 bridgehead atoms. The Morgan fingerprint density at radius 1 is 1.00 bits per heavy atom. The molecule has 9 heteroatoms. The number of hydrogen-bond acceptors (Lipinski definition) is 6. The number of hydrogen-bond donors (Lipinski definition) is 1. The SMILES string of the molecule is COc1cc(C(C(=O)NC2CCCC2)N(C(=O)c2ccco2)c2cccc(F)c2)cc(OC)c1OC. The van der Waals surface area contributed by atoms with E-state index < -0.39 is 23.7 Å². The molecule has 1 unspecified atom stereocenters. The van der Waals surface area contributed by atoms with E-state index >= 15 is 0 Å². The van der Waals surface area contributed by atoms with Gasteiger partial charge < -0.3 is 23.9 Å². The number of nitrogens with one attached hydrogen (secondary N) is 1. The smallest absolute Gasteiger partial charge is 0.294 e. The molecule has 1 N–H and O–H groups in total. The van der Waals surface area contributed by atoms with E-state index in [1.807, 2.05) is 0 Å². The van der Waals surface area contributed by atoms with E-state index in [1.54, 1.807) is 24.3 Å². The number of benzene rings is 2. The van der Waals surface area contributed by atoms with Crippen molar-refractivity contribution in [2.24, 2.45) is 0 Å². The minimum Gasteiger partial charge on any atom is -0.493 e. The minimum atomic E-state index is -1.20. The fourth-order valence-electron chi connectivity index (χ4n) is 4.56. The highest BCUT2D eigenvalue weighted by molar-refractivity contribution is 6.08. The summed E-state index contributed by atoms with van der Waals surface area (Å²) in [7, 11) is 4.41. The maximum atomic E-state index is 14.3. The van der Waals surface area contributed by atoms with Crippen LogP contribution in [0.25, 0.3) is 0 Å². The van der Waals surface area contributed by atoms with Gasteiger partial charge in [0.1, 0.15) is 11.9 Å². The van der Waals surface area contributed by atoms with Gasteiger partial charge in [0.25, 0.3) is 5.91 Å². The van der Waals surface area contributed by atoms with E-state index in [9.17, 15) is 14.0 Å². The van der Waals surface area contributed by atoms with Gasteiger partial charge >= 0.3 is 0 Å². The molecule has 3 aromatic rings. The second kappa shape index (κ2) is 11.2. The Labute approximate surface area is 208 Å². The van der Waals surface area contributed by atoms with Crippen LogP contribution in [0.4, 0.5) is 10.1 Å². The first-order valence-corrected chi connectivity index (χ1v) is 11.7. The molecular formula is C27H29FN2O6. The summed E-state index contributed by atoms with van der Waals surface area (Å²) in [5.41, 5.74) is 0.584. The predicted octanol–water partition coefficient (Wildman–Crippen LogP) is 4.89. The third-order valence-electron chi connectivity index (χ3n) is 6.25. The van der Waals surface area contributed by atoms with Gasteiger partial charge in [-0.2, -0.15) is 0 Å². The van der Waals surface area contributed by atoms with Crippen molar-refractivity contribution in [1.29, 1.82) is 0 Å². The Hall–Kier alpha value is -4.01. The first-order valence-electron chi connectivity index (χ1n) is 11.7. The van der Waals surface area contributed by atoms with Crippen molar-refractivity contribution < 1.29 is 32.6 Å². The lowest BCUT2D eigenvalue weighted by Gasteiger charge is -2.32. The highest BCUT2D eigenvalue weighted by Crippen LogP contribution is 2.42. The molecule has 4 rings (SSSR count). The van der Waals surface area contributed by atoms with Crippen molar-refractivity contribution in [3.63, 3.8) is 0 Å². The molecule has 1 saturated carbocycles. The highest BCUT2D eigenvalue weighted by Gasteiger charge is 2.37. The molecule has 0 saturated heterocycles. The molecular weight excluding hydrogens is 467 g/mol. The maximum Gasteiger partial charge on any atom is 0.294 e. The van der Waals surface area contributed by atoms with Crippen molar-refractivity contribution in [1.82, 2.24) is 5.32 Å². The third-order valence-corrected chi connectivity index (χ3v) is 6.25. The van der Waals surface area contributed by atoms with Gasteiger partial charge in [-0.15, -0.1) is 0 Å². The molecule has 1 aliphatic rings. The molecule has 2 aromatic carbocycles. The number of carbonyl (C=O) groups is 2. The van der Waals surface area contributed by atoms with Crippen molar-refractivity contribution >= 4 is 17.5 Å². The predicted molar refractivity (Wildman–Crippen MR) is 131 cm³/mol. The van der Waals surface area contributed by atoms with Gasteiger partial charge in [-0.1, -0.05) is 18.9 Å². The van der Waals surface area contributed by atoms with Gasteiger partial charge in [0.2, 0.25) is 11.7 Å². The van der Waals surface area contributed by atoms with Crippen LogP contribution < -0.4 is 24.4 Å². The van der Waals surface area contributed by atoms with Crippen LogP contribution in [0, 0.1) is 5.82 Å². The van der Waals surface area contributed by atoms with Crippen molar-refractivity contribution in [3.8, 4) is 17.2 Å². The summed E-state index contributed by atoms with van der Waals surface area (Å²) in [5, 5.41) is 3.08. The average Bonchev–Trinajstić information content (AvgIpc) is 3.60. The number of amides is 2. The topological polar surface area (TPSA) is 90.2 Å². The lowest BCUT2D eigenvalue weighted by Crippen LogP contribution is -2.46. The van der Waals surface area contributed by atoms with Gasteiger partial charge in [0.15, 0.2) is 17.3 Å². The summed E-state index contributed by atoms with van der Waals surface area (Å²) in [5.74, 6) is -0.597. The lowest BCUT2D eigenvalue weighted by atomic mass is 10.0. The van der Waals surface area contributed by atoms with Crippen LogP contribution in [-0.4, -0.2) is 39.2 Å². The average molecular weight is 497 g/mol. The van der Waals surface area contributed by atoms with Crippen LogP contribution in [0.15, 0.2) is 59.2 Å². The van der Waals surface area contributed by atoms with Crippen LogP contribution in [0.1, 0.15) is 47.8 Å². The van der Waals surface area contributed by atoms with E-state index in [1.165, 1.54) is 56.8 Å². The Morgan fingerprint density at radius 2 is 1.69 bits per heavy atom. The van der Waals surface area contributed by atoms with E-state index in [4.69, 9.17) is 18.6 Å². The summed E-state index contributed by atoms with van der Waals surface area (Å²) in [6, 6.07) is 10.6. The first kappa shape index (κ1) is 25.1. The highest BCUT2D eigenvalue weighted by atomic mass is 19.1. The van der Waals surface area contributed by atoms with Crippen LogP contribution in [0.3, 0.4) is 0 Å². The normalized spacial score (nSPS) is 14.2. The molecule has 0 radical (unpaired) electrons. The maximum absolute atomic E-state index is 14.3. The molecule has 8 nitrogen and oxygen atoms in total. The second-order valence-corrected chi connectivity index (χ2v) is 8.48. The fraction of sp³-hybridized carbons (Fsp3) is 0.333. The van der Waals surface area contributed by atoms with Crippen LogP contribution in [0.5, 0.6) is 17.2 Å². The molecule has 190 valence electrons. The summed E-state index contributed by atoms with van der Waals surface area (Å²) in [6.45, 7) is 0. The summed E-state index contributed by atoms with van der Waals surface area (Å²) >= 11 is 0. The van der Waals surface area contributed by atoms with E-state index in [0.717, 1.165) is 25.7 Å². The third kappa shape index (κ3) is 5.15. The largest absolute Gasteiger partial charge is 0.493 e. The summed E-state index contributed by atoms with van der Waals surface area (Å²) < 4.78 is 36.1. The van der Waals surface area contributed by atoms with Crippen molar-refractivity contribution in [2.45, 2.75) is 37.8 Å². The van der Waals surface area contributed by atoms with E-state index in [-0.39, 0.29) is 17.5 Å². The number of nitrogens with zero attached hydrogens (tertiary/aromatic N) is 1. The van der Waals surface area contributed by atoms with Crippen LogP contribution >= 0.6 is 0 Å². The van der Waals surface area contributed by atoms with Gasteiger partial charge in [-0.05, 0) is 60.9 Å². The molecule has 36 heavy (non-hydrogen) atoms. The standard InChI is InChI=1S/C27H29FN2O6/c1-33-22-14-17(15-23(34-2)25(22)35-3)24(26(31)29-19-9-4-5-10-19)30(20-11-6-8-18(28)16-20)27(32)21-12-7-13-36-21/h6-8,11-16,19,24H,4-5,9-10H2,1-3H3,(H,29,31). The summed E-state index contributed by atoms with van der Waals surface area (Å²) in [6.07, 6.45) is 5.08. The molecule has 1 heterocycles. The summed E-state index contributed by atoms with van der Waals surface area (Å²) in [4.78, 5) is 28.9. The molecule has 1 fully saturated rings. The number of halogens is 1. The van der Waals surface area contributed by atoms with Gasteiger partial charge in [0.05, 0.1) is 27.6 Å². The zero-order chi connectivity index (χ0) is 25.7. The Bertz CT molecular complexity index is 1180. The number of anilines is 1. The fourth-order valence-corrected chi connectivity index (χ4v) is 4.56. The number of rotatable bonds is 9. The van der Waals surface area contributed by atoms with Gasteiger partial charge in [-0.25, -0.2) is 4.39 Å².